The van der Waals surface area contributed by atoms with E-state index in [9.17, 15) is 0 Å². The minimum absolute atomic E-state index is 0.905. The van der Waals surface area contributed by atoms with Crippen LogP contribution in [0.3, 0.4) is 0 Å². The number of nitrogens with zero attached hydrogens (tertiary/aromatic N) is 2. The molecule has 2 rings (SSSR count). The van der Waals surface area contributed by atoms with Crippen molar-refractivity contribution in [3.8, 4) is 0 Å². The lowest BCUT2D eigenvalue weighted by Crippen LogP contribution is -2.11. The molecular weight excluding hydrogens is 242 g/mol. The zero-order valence-corrected chi connectivity index (χ0v) is 11.9. The number of benzene rings is 1. The molecule has 0 saturated heterocycles. The molecule has 0 aliphatic rings. The molecule has 0 unspecified atom stereocenters. The predicted molar refractivity (Wildman–Crippen MR) is 78.7 cm³/mol. The Balaban J connectivity index is 2.18. The van der Waals surface area contributed by atoms with Gasteiger partial charge in [-0.05, 0) is 25.6 Å². The third-order valence-corrected chi connectivity index (χ3v) is 4.08. The van der Waals surface area contributed by atoms with Gasteiger partial charge >= 0.3 is 0 Å². The molecule has 0 amide bonds. The molecule has 0 atom stereocenters. The monoisotopic (exact) mass is 261 g/mol. The number of hydrogen-bond acceptors (Lipinski definition) is 4. The van der Waals surface area contributed by atoms with E-state index in [1.807, 2.05) is 18.2 Å². The van der Waals surface area contributed by atoms with Crippen LogP contribution in [0.1, 0.15) is 17.5 Å². The predicted octanol–water partition coefficient (Wildman–Crippen LogP) is 3.33. The number of thiazole rings is 1. The van der Waals surface area contributed by atoms with Crippen LogP contribution in [0, 0.1) is 6.92 Å². The van der Waals surface area contributed by atoms with E-state index in [2.05, 4.69) is 48.2 Å². The Labute approximate surface area is 112 Å². The Morgan fingerprint density at radius 1 is 1.28 bits per heavy atom. The Kier molecular flexibility index (Phi) is 4.33. The molecule has 4 heteroatoms. The van der Waals surface area contributed by atoms with Gasteiger partial charge in [-0.3, -0.25) is 0 Å². The summed E-state index contributed by atoms with van der Waals surface area (Å²) >= 11 is 1.75. The van der Waals surface area contributed by atoms with Crippen LogP contribution in [-0.4, -0.2) is 18.6 Å². The summed E-state index contributed by atoms with van der Waals surface area (Å²) < 4.78 is 0. The maximum absolute atomic E-state index is 4.64. The molecule has 1 aromatic heterocycles. The van der Waals surface area contributed by atoms with Crippen molar-refractivity contribution in [1.82, 2.24) is 10.3 Å². The zero-order chi connectivity index (χ0) is 13.0. The van der Waals surface area contributed by atoms with Gasteiger partial charge < -0.3 is 10.2 Å². The van der Waals surface area contributed by atoms with Crippen molar-refractivity contribution < 1.29 is 0 Å². The first kappa shape index (κ1) is 13.1. The van der Waals surface area contributed by atoms with E-state index in [1.165, 1.54) is 10.6 Å². The minimum atomic E-state index is 0.905. The number of hydrogen-bond donors (Lipinski definition) is 1. The van der Waals surface area contributed by atoms with Gasteiger partial charge in [0.15, 0.2) is 5.13 Å². The van der Waals surface area contributed by atoms with Crippen LogP contribution in [0.4, 0.5) is 10.8 Å². The van der Waals surface area contributed by atoms with Crippen molar-refractivity contribution in [2.45, 2.75) is 20.4 Å². The number of nitrogens with one attached hydrogen (secondary N) is 1. The second-order valence-electron chi connectivity index (χ2n) is 4.18. The quantitative estimate of drug-likeness (QED) is 0.895. The number of rotatable bonds is 5. The van der Waals surface area contributed by atoms with Crippen molar-refractivity contribution in [2.75, 3.05) is 18.5 Å². The standard InChI is InChI=1S/C14H19N3S/c1-4-15-10-13-11(2)16-14(18-13)17(3)12-8-6-5-7-9-12/h5-9,15H,4,10H2,1-3H3. The molecule has 1 N–H and O–H groups in total. The first-order valence-corrected chi connectivity index (χ1v) is 6.99. The summed E-state index contributed by atoms with van der Waals surface area (Å²) in [7, 11) is 2.06. The van der Waals surface area contributed by atoms with Gasteiger partial charge in [-0.1, -0.05) is 36.5 Å². The highest BCUT2D eigenvalue weighted by molar-refractivity contribution is 7.15. The molecule has 0 spiro atoms. The summed E-state index contributed by atoms with van der Waals surface area (Å²) in [4.78, 5) is 8.09. The van der Waals surface area contributed by atoms with Gasteiger partial charge in [0.2, 0.25) is 0 Å². The third-order valence-electron chi connectivity index (χ3n) is 2.85. The smallest absolute Gasteiger partial charge is 0.190 e. The van der Waals surface area contributed by atoms with Crippen LogP contribution in [0.15, 0.2) is 30.3 Å². The molecule has 0 aliphatic heterocycles. The number of aromatic nitrogens is 1. The Hall–Kier alpha value is -1.39. The zero-order valence-electron chi connectivity index (χ0n) is 11.1. The highest BCUT2D eigenvalue weighted by Gasteiger charge is 2.11. The van der Waals surface area contributed by atoms with Gasteiger partial charge in [0.1, 0.15) is 0 Å². The second-order valence-corrected chi connectivity index (χ2v) is 5.24. The fraction of sp³-hybridized carbons (Fsp3) is 0.357. The van der Waals surface area contributed by atoms with Crippen LogP contribution in [0.25, 0.3) is 0 Å². The van der Waals surface area contributed by atoms with Gasteiger partial charge in [-0.15, -0.1) is 0 Å². The summed E-state index contributed by atoms with van der Waals surface area (Å²) in [6.45, 7) is 6.09. The average molecular weight is 261 g/mol. The largest absolute Gasteiger partial charge is 0.321 e. The Morgan fingerprint density at radius 3 is 2.67 bits per heavy atom. The molecule has 96 valence electrons. The molecule has 0 saturated carbocycles. The van der Waals surface area contributed by atoms with Crippen molar-refractivity contribution in [2.24, 2.45) is 0 Å². The first-order valence-electron chi connectivity index (χ1n) is 6.18. The van der Waals surface area contributed by atoms with E-state index in [4.69, 9.17) is 0 Å². The molecule has 2 aromatic rings. The number of para-hydroxylation sites is 1. The van der Waals surface area contributed by atoms with Crippen molar-refractivity contribution in [3.63, 3.8) is 0 Å². The van der Waals surface area contributed by atoms with Crippen LogP contribution >= 0.6 is 11.3 Å². The summed E-state index contributed by atoms with van der Waals surface area (Å²) in [5.74, 6) is 0. The second kappa shape index (κ2) is 5.98. The number of aryl methyl sites for hydroxylation is 1. The van der Waals surface area contributed by atoms with Gasteiger partial charge in [0, 0.05) is 24.2 Å². The maximum Gasteiger partial charge on any atom is 0.190 e. The van der Waals surface area contributed by atoms with E-state index in [1.54, 1.807) is 11.3 Å². The van der Waals surface area contributed by atoms with Crippen LogP contribution in [-0.2, 0) is 6.54 Å². The lowest BCUT2D eigenvalue weighted by molar-refractivity contribution is 0.731. The molecular formula is C14H19N3S. The van der Waals surface area contributed by atoms with Crippen molar-refractivity contribution in [1.29, 1.82) is 0 Å². The summed E-state index contributed by atoms with van der Waals surface area (Å²) in [5, 5.41) is 4.40. The van der Waals surface area contributed by atoms with Gasteiger partial charge in [-0.25, -0.2) is 4.98 Å². The highest BCUT2D eigenvalue weighted by Crippen LogP contribution is 2.29. The fourth-order valence-electron chi connectivity index (χ4n) is 1.72. The first-order chi connectivity index (χ1) is 8.72. The van der Waals surface area contributed by atoms with Crippen LogP contribution < -0.4 is 10.2 Å². The summed E-state index contributed by atoms with van der Waals surface area (Å²) in [5.41, 5.74) is 2.29. The van der Waals surface area contributed by atoms with E-state index in [0.29, 0.717) is 0 Å². The van der Waals surface area contributed by atoms with Gasteiger partial charge in [-0.2, -0.15) is 0 Å². The lowest BCUT2D eigenvalue weighted by Gasteiger charge is -2.15. The molecule has 0 bridgehead atoms. The Morgan fingerprint density at radius 2 is 2.00 bits per heavy atom. The van der Waals surface area contributed by atoms with Crippen LogP contribution in [0.2, 0.25) is 0 Å². The number of anilines is 2. The van der Waals surface area contributed by atoms with Crippen molar-refractivity contribution in [3.05, 3.63) is 40.9 Å². The molecule has 0 fully saturated rings. The van der Waals surface area contributed by atoms with E-state index in [0.717, 1.165) is 23.9 Å². The van der Waals surface area contributed by atoms with Gasteiger partial charge in [0.05, 0.1) is 5.69 Å². The molecule has 0 aliphatic carbocycles. The molecule has 0 radical (unpaired) electrons. The summed E-state index contributed by atoms with van der Waals surface area (Å²) in [6, 6.07) is 10.3. The highest BCUT2D eigenvalue weighted by atomic mass is 32.1. The molecule has 18 heavy (non-hydrogen) atoms. The maximum atomic E-state index is 4.64. The molecule has 1 aromatic carbocycles. The normalized spacial score (nSPS) is 10.6. The van der Waals surface area contributed by atoms with Crippen molar-refractivity contribution >= 4 is 22.2 Å². The minimum Gasteiger partial charge on any atom is -0.321 e. The Bertz CT molecular complexity index is 493. The summed E-state index contributed by atoms with van der Waals surface area (Å²) in [6.07, 6.45) is 0. The average Bonchev–Trinajstić information content (AvgIpc) is 2.78. The molecule has 3 nitrogen and oxygen atoms in total. The van der Waals surface area contributed by atoms with E-state index >= 15 is 0 Å². The fourth-order valence-corrected chi connectivity index (χ4v) is 2.73. The SMILES string of the molecule is CCNCc1sc(N(C)c2ccccc2)nc1C. The van der Waals surface area contributed by atoms with Crippen LogP contribution in [0.5, 0.6) is 0 Å². The van der Waals surface area contributed by atoms with Gasteiger partial charge in [0.25, 0.3) is 0 Å². The lowest BCUT2D eigenvalue weighted by atomic mass is 10.3. The third kappa shape index (κ3) is 2.89. The van der Waals surface area contributed by atoms with E-state index < -0.39 is 0 Å². The van der Waals surface area contributed by atoms with E-state index in [-0.39, 0.29) is 0 Å². The molecule has 1 heterocycles. The topological polar surface area (TPSA) is 28.2 Å².